The maximum atomic E-state index is 11.3. The summed E-state index contributed by atoms with van der Waals surface area (Å²) in [5.74, 6) is 0. The number of hydrogen-bond donors (Lipinski definition) is 0. The third-order valence-electron chi connectivity index (χ3n) is 2.55. The molecule has 0 radical (unpaired) electrons. The average Bonchev–Trinajstić information content (AvgIpc) is 2.32. The van der Waals surface area contributed by atoms with Gasteiger partial charge in [0, 0.05) is 10.5 Å². The van der Waals surface area contributed by atoms with Crippen LogP contribution in [0.4, 0.5) is 0 Å². The molecule has 4 heteroatoms. The number of hydrogen-bond acceptors (Lipinski definition) is 3. The molecule has 0 amide bonds. The van der Waals surface area contributed by atoms with Gasteiger partial charge in [0.15, 0.2) is 0 Å². The van der Waals surface area contributed by atoms with Crippen molar-refractivity contribution in [1.82, 2.24) is 0 Å². The van der Waals surface area contributed by atoms with Crippen molar-refractivity contribution < 1.29 is 4.21 Å². The molecule has 1 nitrogen and oxygen atoms in total. The first kappa shape index (κ1) is 9.41. The van der Waals surface area contributed by atoms with Crippen LogP contribution in [0.3, 0.4) is 0 Å². The monoisotopic (exact) mass is 222 g/mol. The van der Waals surface area contributed by atoms with E-state index in [1.54, 1.807) is 21.6 Å². The van der Waals surface area contributed by atoms with Gasteiger partial charge in [0.25, 0.3) is 0 Å². The summed E-state index contributed by atoms with van der Waals surface area (Å²) in [5, 5.41) is 1.41. The Morgan fingerprint density at radius 1 is 0.917 bits per heavy atom. The summed E-state index contributed by atoms with van der Waals surface area (Å²) in [6.45, 7) is 0. The molecule has 12 heavy (non-hydrogen) atoms. The van der Waals surface area contributed by atoms with E-state index in [0.717, 1.165) is 0 Å². The summed E-state index contributed by atoms with van der Waals surface area (Å²) < 4.78 is 11.3. The van der Waals surface area contributed by atoms with Gasteiger partial charge >= 0.3 is 0 Å². The fraction of sp³-hybridized carbons (Fsp3) is 1.00. The van der Waals surface area contributed by atoms with Crippen LogP contribution in [0.15, 0.2) is 0 Å². The second-order valence-corrected chi connectivity index (χ2v) is 9.07. The van der Waals surface area contributed by atoms with Gasteiger partial charge in [0.1, 0.15) is 8.86 Å². The maximum Gasteiger partial charge on any atom is 0.141 e. The van der Waals surface area contributed by atoms with Crippen molar-refractivity contribution in [2.45, 2.75) is 49.0 Å². The zero-order chi connectivity index (χ0) is 8.39. The molecule has 0 aromatic heterocycles. The quantitative estimate of drug-likeness (QED) is 0.586. The molecule has 1 aliphatic carbocycles. The van der Waals surface area contributed by atoms with Crippen molar-refractivity contribution in [1.29, 1.82) is 0 Å². The van der Waals surface area contributed by atoms with Crippen LogP contribution >= 0.6 is 21.6 Å². The van der Waals surface area contributed by atoms with Crippen LogP contribution in [-0.2, 0) is 8.86 Å². The molecular formula is C8H14OS3. The van der Waals surface area contributed by atoms with E-state index < -0.39 is 8.86 Å². The van der Waals surface area contributed by atoms with Crippen LogP contribution in [0.2, 0.25) is 0 Å². The second-order valence-electron chi connectivity index (χ2n) is 3.47. The fourth-order valence-electron chi connectivity index (χ4n) is 1.86. The summed E-state index contributed by atoms with van der Waals surface area (Å²) in [4.78, 5) is 0. The van der Waals surface area contributed by atoms with E-state index in [9.17, 15) is 4.21 Å². The lowest BCUT2D eigenvalue weighted by Crippen LogP contribution is -2.16. The molecular weight excluding hydrogens is 208 g/mol. The third-order valence-corrected chi connectivity index (χ3v) is 8.50. The van der Waals surface area contributed by atoms with Crippen LogP contribution in [0.5, 0.6) is 0 Å². The molecule has 70 valence electrons. The molecule has 0 spiro atoms. The summed E-state index contributed by atoms with van der Waals surface area (Å²) in [7, 11) is 2.79. The summed E-state index contributed by atoms with van der Waals surface area (Å²) in [6, 6.07) is 0. The van der Waals surface area contributed by atoms with Crippen LogP contribution < -0.4 is 0 Å². The molecule has 2 fully saturated rings. The molecule has 2 aliphatic rings. The Balaban J connectivity index is 1.96. The minimum Gasteiger partial charge on any atom is -0.236 e. The van der Waals surface area contributed by atoms with Crippen molar-refractivity contribution in [3.63, 3.8) is 0 Å². The molecule has 2 rings (SSSR count). The first-order chi connectivity index (χ1) is 5.86. The molecule has 1 heterocycles. The standard InChI is InChI=1S/C8H14OS3/c9-12-10-7-5-3-1-2-4-6-8(7)11-12/h7-8H,1-6H2/t7-,8+,12?. The fourth-order valence-corrected chi connectivity index (χ4v) is 9.07. The van der Waals surface area contributed by atoms with Gasteiger partial charge in [-0.25, -0.2) is 4.21 Å². The summed E-state index contributed by atoms with van der Waals surface area (Å²) >= 11 is 0. The molecule has 1 saturated heterocycles. The highest BCUT2D eigenvalue weighted by molar-refractivity contribution is 9.03. The van der Waals surface area contributed by atoms with Gasteiger partial charge in [0.05, 0.1) is 0 Å². The maximum absolute atomic E-state index is 11.3. The van der Waals surface area contributed by atoms with Crippen molar-refractivity contribution in [2.24, 2.45) is 0 Å². The molecule has 1 saturated carbocycles. The van der Waals surface area contributed by atoms with Crippen molar-refractivity contribution >= 4 is 30.5 Å². The minimum atomic E-state index is -0.625. The van der Waals surface area contributed by atoms with Crippen molar-refractivity contribution in [2.75, 3.05) is 0 Å². The van der Waals surface area contributed by atoms with Gasteiger partial charge in [-0.15, -0.1) is 0 Å². The van der Waals surface area contributed by atoms with E-state index in [1.165, 1.54) is 38.5 Å². The van der Waals surface area contributed by atoms with Gasteiger partial charge in [-0.05, 0) is 34.4 Å². The Kier molecular flexibility index (Phi) is 3.43. The number of fused-ring (bicyclic) bond motifs is 1. The highest BCUT2D eigenvalue weighted by Gasteiger charge is 2.33. The topological polar surface area (TPSA) is 17.1 Å². The Hall–Kier alpha value is 0.850. The Bertz CT molecular complexity index is 165. The van der Waals surface area contributed by atoms with Gasteiger partial charge in [-0.3, -0.25) is 0 Å². The van der Waals surface area contributed by atoms with Gasteiger partial charge in [-0.1, -0.05) is 25.7 Å². The lowest BCUT2D eigenvalue weighted by atomic mass is 10.0. The van der Waals surface area contributed by atoms with E-state index in [1.807, 2.05) is 0 Å². The second kappa shape index (κ2) is 4.38. The molecule has 0 bridgehead atoms. The minimum absolute atomic E-state index is 0.625. The largest absolute Gasteiger partial charge is 0.236 e. The van der Waals surface area contributed by atoms with Crippen LogP contribution in [0.25, 0.3) is 0 Å². The highest BCUT2D eigenvalue weighted by atomic mass is 33.5. The van der Waals surface area contributed by atoms with Crippen LogP contribution in [0.1, 0.15) is 38.5 Å². The van der Waals surface area contributed by atoms with Gasteiger partial charge in [0.2, 0.25) is 0 Å². The lowest BCUT2D eigenvalue weighted by Gasteiger charge is -2.18. The Labute approximate surface area is 83.7 Å². The van der Waals surface area contributed by atoms with Gasteiger partial charge in [-0.2, -0.15) is 0 Å². The number of rotatable bonds is 0. The van der Waals surface area contributed by atoms with Crippen LogP contribution in [0, 0.1) is 0 Å². The summed E-state index contributed by atoms with van der Waals surface area (Å²) in [6.07, 6.45) is 8.09. The molecule has 0 N–H and O–H groups in total. The molecule has 1 unspecified atom stereocenters. The molecule has 0 aromatic rings. The SMILES string of the molecule is O=S1S[C@H]2CCCCCC[C@H]2S1. The first-order valence-electron chi connectivity index (χ1n) is 4.62. The lowest BCUT2D eigenvalue weighted by molar-refractivity contribution is 0.524. The van der Waals surface area contributed by atoms with Crippen molar-refractivity contribution in [3.8, 4) is 0 Å². The van der Waals surface area contributed by atoms with Crippen molar-refractivity contribution in [3.05, 3.63) is 0 Å². The normalized spacial score (nSPS) is 43.2. The van der Waals surface area contributed by atoms with E-state index in [-0.39, 0.29) is 0 Å². The Morgan fingerprint density at radius 3 is 1.92 bits per heavy atom. The Morgan fingerprint density at radius 2 is 1.42 bits per heavy atom. The first-order valence-corrected chi connectivity index (χ1v) is 8.56. The molecule has 0 aromatic carbocycles. The van der Waals surface area contributed by atoms with E-state index in [4.69, 9.17) is 0 Å². The van der Waals surface area contributed by atoms with Crippen LogP contribution in [-0.4, -0.2) is 14.7 Å². The van der Waals surface area contributed by atoms with E-state index in [0.29, 0.717) is 10.5 Å². The summed E-state index contributed by atoms with van der Waals surface area (Å²) in [5.41, 5.74) is 0. The molecule has 3 atom stereocenters. The zero-order valence-corrected chi connectivity index (χ0v) is 9.48. The third kappa shape index (κ3) is 2.20. The van der Waals surface area contributed by atoms with E-state index in [2.05, 4.69) is 0 Å². The predicted octanol–water partition coefficient (Wildman–Crippen LogP) is 3.14. The highest BCUT2D eigenvalue weighted by Crippen LogP contribution is 2.47. The van der Waals surface area contributed by atoms with Gasteiger partial charge < -0.3 is 0 Å². The molecule has 1 aliphatic heterocycles. The average molecular weight is 222 g/mol. The smallest absolute Gasteiger partial charge is 0.141 e. The van der Waals surface area contributed by atoms with E-state index >= 15 is 0 Å². The predicted molar refractivity (Wildman–Crippen MR) is 58.6 cm³/mol. The zero-order valence-electron chi connectivity index (χ0n) is 7.03.